The average molecular weight is 263 g/mol. The largest absolute Gasteiger partial charge is 0.387 e. The standard InChI is InChI=1S/C14H21N3O2/c1-15-12-3-4-13(16-9-12)14(18)17-7-5-11(6-8-17)10-19-2/h3-4,9,11,15H,5-8,10H2,1-2H3. The van der Waals surface area contributed by atoms with Crippen molar-refractivity contribution in [3.63, 3.8) is 0 Å². The van der Waals surface area contributed by atoms with E-state index in [0.29, 0.717) is 11.6 Å². The van der Waals surface area contributed by atoms with Crippen LogP contribution in [0.4, 0.5) is 5.69 Å². The fraction of sp³-hybridized carbons (Fsp3) is 0.571. The molecule has 19 heavy (non-hydrogen) atoms. The molecule has 0 bridgehead atoms. The van der Waals surface area contributed by atoms with Gasteiger partial charge in [-0.15, -0.1) is 0 Å². The molecule has 5 nitrogen and oxygen atoms in total. The first-order valence-corrected chi connectivity index (χ1v) is 6.66. The number of carbonyl (C=O) groups excluding carboxylic acids is 1. The third-order valence-electron chi connectivity index (χ3n) is 3.58. The third-order valence-corrected chi connectivity index (χ3v) is 3.58. The molecule has 1 saturated heterocycles. The quantitative estimate of drug-likeness (QED) is 0.897. The van der Waals surface area contributed by atoms with Gasteiger partial charge in [-0.2, -0.15) is 0 Å². The Hall–Kier alpha value is -1.62. The van der Waals surface area contributed by atoms with E-state index < -0.39 is 0 Å². The molecule has 0 saturated carbocycles. The van der Waals surface area contributed by atoms with Crippen molar-refractivity contribution in [2.45, 2.75) is 12.8 Å². The molecule has 2 heterocycles. The SMILES string of the molecule is CNc1ccc(C(=O)N2CCC(COC)CC2)nc1. The van der Waals surface area contributed by atoms with Crippen molar-refractivity contribution in [2.24, 2.45) is 5.92 Å². The zero-order chi connectivity index (χ0) is 13.7. The molecular formula is C14H21N3O2. The Morgan fingerprint density at radius 2 is 2.21 bits per heavy atom. The number of amides is 1. The van der Waals surface area contributed by atoms with Gasteiger partial charge in [-0.3, -0.25) is 4.79 Å². The maximum atomic E-state index is 12.3. The van der Waals surface area contributed by atoms with Gasteiger partial charge in [0.25, 0.3) is 5.91 Å². The minimum absolute atomic E-state index is 0.0264. The lowest BCUT2D eigenvalue weighted by Gasteiger charge is -2.31. The van der Waals surface area contributed by atoms with Gasteiger partial charge in [0.15, 0.2) is 0 Å². The maximum absolute atomic E-state index is 12.3. The molecule has 1 aliphatic rings. The Morgan fingerprint density at radius 3 is 2.74 bits per heavy atom. The molecule has 1 N–H and O–H groups in total. The number of carbonyl (C=O) groups is 1. The molecule has 1 aromatic heterocycles. The molecule has 1 aliphatic heterocycles. The number of anilines is 1. The van der Waals surface area contributed by atoms with Crippen molar-refractivity contribution in [3.8, 4) is 0 Å². The summed E-state index contributed by atoms with van der Waals surface area (Å²) in [5.41, 5.74) is 1.43. The molecular weight excluding hydrogens is 242 g/mol. The molecule has 0 radical (unpaired) electrons. The van der Waals surface area contributed by atoms with E-state index >= 15 is 0 Å². The van der Waals surface area contributed by atoms with Crippen LogP contribution in [0, 0.1) is 5.92 Å². The number of aromatic nitrogens is 1. The number of ether oxygens (including phenoxy) is 1. The second kappa shape index (κ2) is 6.52. The minimum atomic E-state index is 0.0264. The molecule has 0 aliphatic carbocycles. The van der Waals surface area contributed by atoms with E-state index in [-0.39, 0.29) is 5.91 Å². The van der Waals surface area contributed by atoms with E-state index in [1.54, 1.807) is 19.4 Å². The van der Waals surface area contributed by atoms with E-state index in [1.165, 1.54) is 0 Å². The van der Waals surface area contributed by atoms with Gasteiger partial charge in [0, 0.05) is 33.9 Å². The van der Waals surface area contributed by atoms with Crippen LogP contribution in [0.2, 0.25) is 0 Å². The van der Waals surface area contributed by atoms with Crippen molar-refractivity contribution < 1.29 is 9.53 Å². The van der Waals surface area contributed by atoms with Gasteiger partial charge in [-0.25, -0.2) is 4.98 Å². The van der Waals surface area contributed by atoms with E-state index in [9.17, 15) is 4.79 Å². The van der Waals surface area contributed by atoms with Crippen LogP contribution >= 0.6 is 0 Å². The molecule has 0 spiro atoms. The number of pyridine rings is 1. The van der Waals surface area contributed by atoms with Crippen molar-refractivity contribution in [1.82, 2.24) is 9.88 Å². The normalized spacial score (nSPS) is 16.4. The van der Waals surface area contributed by atoms with Crippen LogP contribution in [0.5, 0.6) is 0 Å². The second-order valence-electron chi connectivity index (χ2n) is 4.87. The summed E-state index contributed by atoms with van der Waals surface area (Å²) in [6.45, 7) is 2.38. The predicted octanol–water partition coefficient (Wildman–Crippen LogP) is 1.62. The third kappa shape index (κ3) is 3.44. The predicted molar refractivity (Wildman–Crippen MR) is 74.3 cm³/mol. The molecule has 1 aromatic rings. The summed E-state index contributed by atoms with van der Waals surface area (Å²) >= 11 is 0. The number of likely N-dealkylation sites (tertiary alicyclic amines) is 1. The summed E-state index contributed by atoms with van der Waals surface area (Å²) < 4.78 is 5.16. The van der Waals surface area contributed by atoms with Gasteiger partial charge in [0.1, 0.15) is 5.69 Å². The van der Waals surface area contributed by atoms with Crippen LogP contribution in [-0.2, 0) is 4.74 Å². The Labute approximate surface area is 114 Å². The number of methoxy groups -OCH3 is 1. The van der Waals surface area contributed by atoms with E-state index in [4.69, 9.17) is 4.74 Å². The lowest BCUT2D eigenvalue weighted by atomic mass is 9.97. The summed E-state index contributed by atoms with van der Waals surface area (Å²) in [6, 6.07) is 3.65. The fourth-order valence-corrected chi connectivity index (χ4v) is 2.37. The first-order chi connectivity index (χ1) is 9.24. The second-order valence-corrected chi connectivity index (χ2v) is 4.87. The van der Waals surface area contributed by atoms with Gasteiger partial charge in [0.2, 0.25) is 0 Å². The lowest BCUT2D eigenvalue weighted by Crippen LogP contribution is -2.39. The Morgan fingerprint density at radius 1 is 1.47 bits per heavy atom. The van der Waals surface area contributed by atoms with Crippen LogP contribution in [0.1, 0.15) is 23.3 Å². The van der Waals surface area contributed by atoms with Crippen LogP contribution in [0.15, 0.2) is 18.3 Å². The number of hydrogen-bond donors (Lipinski definition) is 1. The van der Waals surface area contributed by atoms with Crippen molar-refractivity contribution in [3.05, 3.63) is 24.0 Å². The molecule has 1 amide bonds. The average Bonchev–Trinajstić information content (AvgIpc) is 2.48. The van der Waals surface area contributed by atoms with Crippen molar-refractivity contribution in [2.75, 3.05) is 39.2 Å². The van der Waals surface area contributed by atoms with Crippen LogP contribution in [-0.4, -0.2) is 49.6 Å². The van der Waals surface area contributed by atoms with Gasteiger partial charge < -0.3 is 15.0 Å². The number of piperidine rings is 1. The number of nitrogens with one attached hydrogen (secondary N) is 1. The molecule has 0 aromatic carbocycles. The Kier molecular flexibility index (Phi) is 4.74. The topological polar surface area (TPSA) is 54.5 Å². The number of hydrogen-bond acceptors (Lipinski definition) is 4. The van der Waals surface area contributed by atoms with Gasteiger partial charge >= 0.3 is 0 Å². The van der Waals surface area contributed by atoms with Crippen molar-refractivity contribution >= 4 is 11.6 Å². The van der Waals surface area contributed by atoms with E-state index in [2.05, 4.69) is 10.3 Å². The van der Waals surface area contributed by atoms with Gasteiger partial charge in [-0.1, -0.05) is 0 Å². The zero-order valence-electron chi connectivity index (χ0n) is 11.6. The highest BCUT2D eigenvalue weighted by Crippen LogP contribution is 2.19. The Balaban J connectivity index is 1.93. The molecule has 2 rings (SSSR count). The van der Waals surface area contributed by atoms with E-state index in [0.717, 1.165) is 38.2 Å². The van der Waals surface area contributed by atoms with Crippen molar-refractivity contribution in [1.29, 1.82) is 0 Å². The first-order valence-electron chi connectivity index (χ1n) is 6.66. The van der Waals surface area contributed by atoms with Gasteiger partial charge in [0.05, 0.1) is 11.9 Å². The molecule has 1 fully saturated rings. The van der Waals surface area contributed by atoms with Crippen LogP contribution < -0.4 is 5.32 Å². The molecule has 5 heteroatoms. The monoisotopic (exact) mass is 263 g/mol. The smallest absolute Gasteiger partial charge is 0.272 e. The Bertz CT molecular complexity index is 411. The summed E-state index contributed by atoms with van der Waals surface area (Å²) in [4.78, 5) is 18.4. The number of rotatable bonds is 4. The lowest BCUT2D eigenvalue weighted by molar-refractivity contribution is 0.0608. The molecule has 0 atom stereocenters. The van der Waals surface area contributed by atoms with E-state index in [1.807, 2.05) is 18.0 Å². The summed E-state index contributed by atoms with van der Waals surface area (Å²) in [5.74, 6) is 0.604. The number of nitrogens with zero attached hydrogens (tertiary/aromatic N) is 2. The van der Waals surface area contributed by atoms with Crippen LogP contribution in [0.25, 0.3) is 0 Å². The maximum Gasteiger partial charge on any atom is 0.272 e. The highest BCUT2D eigenvalue weighted by Gasteiger charge is 2.24. The fourth-order valence-electron chi connectivity index (χ4n) is 2.37. The van der Waals surface area contributed by atoms with Gasteiger partial charge in [-0.05, 0) is 30.9 Å². The minimum Gasteiger partial charge on any atom is -0.387 e. The zero-order valence-corrected chi connectivity index (χ0v) is 11.6. The summed E-state index contributed by atoms with van der Waals surface area (Å²) in [6.07, 6.45) is 3.70. The highest BCUT2D eigenvalue weighted by atomic mass is 16.5. The van der Waals surface area contributed by atoms with Crippen LogP contribution in [0.3, 0.4) is 0 Å². The summed E-state index contributed by atoms with van der Waals surface area (Å²) in [5, 5.41) is 2.99. The first kappa shape index (κ1) is 13.8. The highest BCUT2D eigenvalue weighted by molar-refractivity contribution is 5.92. The molecule has 0 unspecified atom stereocenters. The molecule has 104 valence electrons. The summed E-state index contributed by atoms with van der Waals surface area (Å²) in [7, 11) is 3.56.